The van der Waals surface area contributed by atoms with Crippen LogP contribution in [-0.4, -0.2) is 10.9 Å². The van der Waals surface area contributed by atoms with Crippen LogP contribution in [0.4, 0.5) is 5.13 Å². The molecule has 3 rings (SSSR count). The first kappa shape index (κ1) is 16.4. The zero-order valence-electron chi connectivity index (χ0n) is 14.1. The maximum Gasteiger partial charge on any atom is 0.257 e. The molecule has 4 heteroatoms. The van der Waals surface area contributed by atoms with Gasteiger partial charge in [-0.1, -0.05) is 43.3 Å². The smallest absolute Gasteiger partial charge is 0.257 e. The van der Waals surface area contributed by atoms with E-state index in [9.17, 15) is 4.79 Å². The van der Waals surface area contributed by atoms with Crippen molar-refractivity contribution in [3.63, 3.8) is 0 Å². The van der Waals surface area contributed by atoms with Gasteiger partial charge in [0.1, 0.15) is 0 Å². The second kappa shape index (κ2) is 6.97. The number of hydrogen-bond donors (Lipinski definition) is 1. The highest BCUT2D eigenvalue weighted by molar-refractivity contribution is 7.16. The third-order valence-corrected chi connectivity index (χ3v) is 5.17. The predicted molar refractivity (Wildman–Crippen MR) is 101 cm³/mol. The van der Waals surface area contributed by atoms with Crippen LogP contribution < -0.4 is 5.32 Å². The van der Waals surface area contributed by atoms with E-state index < -0.39 is 0 Å². The maximum absolute atomic E-state index is 12.5. The molecule has 1 aromatic heterocycles. The Balaban J connectivity index is 1.86. The van der Waals surface area contributed by atoms with Crippen molar-refractivity contribution in [3.8, 4) is 11.3 Å². The zero-order chi connectivity index (χ0) is 17.1. The van der Waals surface area contributed by atoms with Crippen LogP contribution in [0.25, 0.3) is 11.3 Å². The number of hydrogen-bond acceptors (Lipinski definition) is 3. The molecule has 122 valence electrons. The summed E-state index contributed by atoms with van der Waals surface area (Å²) in [5, 5.41) is 3.59. The van der Waals surface area contributed by atoms with E-state index >= 15 is 0 Å². The van der Waals surface area contributed by atoms with Crippen LogP contribution in [0, 0.1) is 13.8 Å². The number of carbonyl (C=O) groups is 1. The van der Waals surface area contributed by atoms with E-state index in [1.54, 1.807) is 11.3 Å². The van der Waals surface area contributed by atoms with Crippen LogP contribution in [0.5, 0.6) is 0 Å². The third kappa shape index (κ3) is 3.39. The molecule has 3 aromatic rings. The number of nitrogens with one attached hydrogen (secondary N) is 1. The van der Waals surface area contributed by atoms with Gasteiger partial charge < -0.3 is 0 Å². The van der Waals surface area contributed by atoms with Crippen molar-refractivity contribution in [1.29, 1.82) is 0 Å². The van der Waals surface area contributed by atoms with Gasteiger partial charge in [0.15, 0.2) is 5.13 Å². The van der Waals surface area contributed by atoms with Gasteiger partial charge in [0, 0.05) is 16.0 Å². The summed E-state index contributed by atoms with van der Waals surface area (Å²) < 4.78 is 0. The molecular weight excluding hydrogens is 316 g/mol. The standard InChI is InChI=1S/C20H20N2OS/c1-4-17-18(15-8-6-5-7-9-15)21-20(24-17)22-19(23)16-11-10-13(2)14(3)12-16/h5-12H,4H2,1-3H3,(H,21,22,23). The normalized spacial score (nSPS) is 10.6. The molecule has 0 atom stereocenters. The van der Waals surface area contributed by atoms with Crippen molar-refractivity contribution in [3.05, 3.63) is 70.1 Å². The Morgan fingerprint density at radius 2 is 1.83 bits per heavy atom. The number of amides is 1. The van der Waals surface area contributed by atoms with E-state index in [4.69, 9.17) is 0 Å². The number of anilines is 1. The summed E-state index contributed by atoms with van der Waals surface area (Å²) in [4.78, 5) is 18.3. The van der Waals surface area contributed by atoms with Crippen LogP contribution in [0.1, 0.15) is 33.3 Å². The molecule has 24 heavy (non-hydrogen) atoms. The number of aromatic nitrogens is 1. The first-order valence-electron chi connectivity index (χ1n) is 8.02. The van der Waals surface area contributed by atoms with Crippen LogP contribution in [0.3, 0.4) is 0 Å². The first-order valence-corrected chi connectivity index (χ1v) is 8.84. The van der Waals surface area contributed by atoms with E-state index in [1.807, 2.05) is 62.4 Å². The average molecular weight is 336 g/mol. The molecule has 0 aliphatic heterocycles. The molecule has 0 saturated carbocycles. The fraction of sp³-hybridized carbons (Fsp3) is 0.200. The highest BCUT2D eigenvalue weighted by Crippen LogP contribution is 2.31. The van der Waals surface area contributed by atoms with Gasteiger partial charge in [0.05, 0.1) is 5.69 Å². The molecular formula is C20H20N2OS. The lowest BCUT2D eigenvalue weighted by Crippen LogP contribution is -2.12. The van der Waals surface area contributed by atoms with Crippen LogP contribution in [0.2, 0.25) is 0 Å². The Bertz CT molecular complexity index is 869. The summed E-state index contributed by atoms with van der Waals surface area (Å²) in [6, 6.07) is 15.8. The minimum Gasteiger partial charge on any atom is -0.298 e. The number of nitrogens with zero attached hydrogens (tertiary/aromatic N) is 1. The van der Waals surface area contributed by atoms with Crippen molar-refractivity contribution >= 4 is 22.4 Å². The van der Waals surface area contributed by atoms with Gasteiger partial charge in [-0.15, -0.1) is 11.3 Å². The molecule has 2 aromatic carbocycles. The second-order valence-corrected chi connectivity index (χ2v) is 6.85. The van der Waals surface area contributed by atoms with E-state index in [-0.39, 0.29) is 5.91 Å². The van der Waals surface area contributed by atoms with Crippen molar-refractivity contribution in [2.24, 2.45) is 0 Å². The predicted octanol–water partition coefficient (Wildman–Crippen LogP) is 5.24. The molecule has 0 fully saturated rings. The topological polar surface area (TPSA) is 42.0 Å². The Morgan fingerprint density at radius 3 is 2.50 bits per heavy atom. The summed E-state index contributed by atoms with van der Waals surface area (Å²) in [5.41, 5.74) is 4.99. The third-order valence-electron chi connectivity index (χ3n) is 4.06. The Labute approximate surface area is 146 Å². The molecule has 0 unspecified atom stereocenters. The number of rotatable bonds is 4. The minimum absolute atomic E-state index is 0.117. The molecule has 1 amide bonds. The molecule has 0 radical (unpaired) electrons. The number of aryl methyl sites for hydroxylation is 3. The lowest BCUT2D eigenvalue weighted by atomic mass is 10.1. The summed E-state index contributed by atoms with van der Waals surface area (Å²) in [6.07, 6.45) is 0.890. The van der Waals surface area contributed by atoms with E-state index in [1.165, 1.54) is 10.4 Å². The molecule has 0 bridgehead atoms. The Hall–Kier alpha value is -2.46. The van der Waals surface area contributed by atoms with Gasteiger partial charge >= 0.3 is 0 Å². The quantitative estimate of drug-likeness (QED) is 0.708. The van der Waals surface area contributed by atoms with Gasteiger partial charge in [0.2, 0.25) is 0 Å². The number of carbonyl (C=O) groups excluding carboxylic acids is 1. The van der Waals surface area contributed by atoms with Crippen molar-refractivity contribution in [1.82, 2.24) is 4.98 Å². The van der Waals surface area contributed by atoms with E-state index in [0.29, 0.717) is 10.7 Å². The summed E-state index contributed by atoms with van der Waals surface area (Å²) >= 11 is 1.54. The molecule has 0 saturated heterocycles. The van der Waals surface area contributed by atoms with Gasteiger partial charge in [-0.3, -0.25) is 10.1 Å². The lowest BCUT2D eigenvalue weighted by molar-refractivity contribution is 0.102. The second-order valence-electron chi connectivity index (χ2n) is 5.76. The van der Waals surface area contributed by atoms with Crippen molar-refractivity contribution in [2.45, 2.75) is 27.2 Å². The summed E-state index contributed by atoms with van der Waals surface area (Å²) in [6.45, 7) is 6.16. The van der Waals surface area contributed by atoms with Crippen LogP contribution in [0.15, 0.2) is 48.5 Å². The fourth-order valence-corrected chi connectivity index (χ4v) is 3.44. The monoisotopic (exact) mass is 336 g/mol. The minimum atomic E-state index is -0.117. The lowest BCUT2D eigenvalue weighted by Gasteiger charge is -2.05. The number of benzene rings is 2. The first-order chi connectivity index (χ1) is 11.6. The Morgan fingerprint density at radius 1 is 1.08 bits per heavy atom. The molecule has 0 aliphatic carbocycles. The van der Waals surface area contributed by atoms with Gasteiger partial charge in [-0.25, -0.2) is 4.98 Å². The fourth-order valence-electron chi connectivity index (χ4n) is 2.52. The van der Waals surface area contributed by atoms with Gasteiger partial charge in [-0.2, -0.15) is 0 Å². The van der Waals surface area contributed by atoms with Crippen LogP contribution >= 0.6 is 11.3 Å². The maximum atomic E-state index is 12.5. The van der Waals surface area contributed by atoms with Gasteiger partial charge in [0.25, 0.3) is 5.91 Å². The Kier molecular flexibility index (Phi) is 4.76. The number of thiazole rings is 1. The van der Waals surface area contributed by atoms with Gasteiger partial charge in [-0.05, 0) is 43.5 Å². The highest BCUT2D eigenvalue weighted by Gasteiger charge is 2.14. The average Bonchev–Trinajstić information content (AvgIpc) is 3.01. The SMILES string of the molecule is CCc1sc(NC(=O)c2ccc(C)c(C)c2)nc1-c1ccccc1. The molecule has 3 nitrogen and oxygen atoms in total. The molecule has 1 heterocycles. The van der Waals surface area contributed by atoms with Crippen LogP contribution in [-0.2, 0) is 6.42 Å². The molecule has 0 aliphatic rings. The molecule has 1 N–H and O–H groups in total. The van der Waals surface area contributed by atoms with Crippen molar-refractivity contribution < 1.29 is 4.79 Å². The highest BCUT2D eigenvalue weighted by atomic mass is 32.1. The van der Waals surface area contributed by atoms with Crippen molar-refractivity contribution in [2.75, 3.05) is 5.32 Å². The zero-order valence-corrected chi connectivity index (χ0v) is 14.9. The van der Waals surface area contributed by atoms with E-state index in [0.717, 1.165) is 23.2 Å². The molecule has 0 spiro atoms. The largest absolute Gasteiger partial charge is 0.298 e. The summed E-state index contributed by atoms with van der Waals surface area (Å²) in [5.74, 6) is -0.117. The summed E-state index contributed by atoms with van der Waals surface area (Å²) in [7, 11) is 0. The van der Waals surface area contributed by atoms with E-state index in [2.05, 4.69) is 17.2 Å².